The summed E-state index contributed by atoms with van der Waals surface area (Å²) in [5, 5.41) is 2.66. The van der Waals surface area contributed by atoms with Crippen molar-refractivity contribution in [3.63, 3.8) is 0 Å². The molecule has 6 heteroatoms. The number of nitrogens with one attached hydrogen (secondary N) is 1. The highest BCUT2D eigenvalue weighted by atomic mass is 16.5. The van der Waals surface area contributed by atoms with Gasteiger partial charge in [0.15, 0.2) is 12.4 Å². The van der Waals surface area contributed by atoms with Crippen molar-refractivity contribution in [2.24, 2.45) is 0 Å². The minimum absolute atomic E-state index is 0.0511. The van der Waals surface area contributed by atoms with Crippen molar-refractivity contribution in [3.8, 4) is 0 Å². The molecular weight excluding hydrogens is 344 g/mol. The van der Waals surface area contributed by atoms with Gasteiger partial charge in [-0.1, -0.05) is 29.8 Å². The number of nitrogens with zero attached hydrogens (tertiary/aromatic N) is 1. The van der Waals surface area contributed by atoms with Gasteiger partial charge in [-0.2, -0.15) is 0 Å². The van der Waals surface area contributed by atoms with E-state index >= 15 is 0 Å². The topological polar surface area (TPSA) is 75.7 Å². The summed E-state index contributed by atoms with van der Waals surface area (Å²) in [6.07, 6.45) is -0.00691. The third kappa shape index (κ3) is 6.58. The van der Waals surface area contributed by atoms with Crippen LogP contribution in [0.15, 0.2) is 48.5 Å². The Kier molecular flexibility index (Phi) is 7.11. The summed E-state index contributed by atoms with van der Waals surface area (Å²) in [7, 11) is 3.85. The van der Waals surface area contributed by atoms with Gasteiger partial charge in [0.2, 0.25) is 0 Å². The van der Waals surface area contributed by atoms with Crippen LogP contribution in [0.5, 0.6) is 0 Å². The highest BCUT2D eigenvalue weighted by Gasteiger charge is 2.12. The largest absolute Gasteiger partial charge is 0.456 e. The van der Waals surface area contributed by atoms with Crippen molar-refractivity contribution in [1.82, 2.24) is 0 Å². The predicted molar refractivity (Wildman–Crippen MR) is 105 cm³/mol. The lowest BCUT2D eigenvalue weighted by Gasteiger charge is -2.13. The average Bonchev–Trinajstić information content (AvgIpc) is 2.65. The normalized spacial score (nSPS) is 10.2. The molecule has 0 spiro atoms. The first-order chi connectivity index (χ1) is 12.8. The summed E-state index contributed by atoms with van der Waals surface area (Å²) in [6.45, 7) is 1.56. The smallest absolute Gasteiger partial charge is 0.306 e. The Morgan fingerprint density at radius 2 is 1.56 bits per heavy atom. The molecule has 0 unspecified atom stereocenters. The molecule has 0 atom stereocenters. The Balaban J connectivity index is 1.72. The van der Waals surface area contributed by atoms with E-state index in [4.69, 9.17) is 4.74 Å². The third-order valence-electron chi connectivity index (χ3n) is 3.96. The number of rotatable bonds is 8. The average molecular weight is 368 g/mol. The van der Waals surface area contributed by atoms with E-state index in [-0.39, 0.29) is 25.2 Å². The second-order valence-corrected chi connectivity index (χ2v) is 6.44. The molecule has 2 aromatic carbocycles. The lowest BCUT2D eigenvalue weighted by molar-refractivity contribution is -0.147. The molecule has 0 aliphatic heterocycles. The zero-order chi connectivity index (χ0) is 19.8. The maximum absolute atomic E-state index is 12.0. The SMILES string of the molecule is Cc1ccc(C(=O)CCC(=O)OCC(=O)Nc2ccc(N(C)C)cc2)cc1. The van der Waals surface area contributed by atoms with Crippen LogP contribution in [0.1, 0.15) is 28.8 Å². The molecule has 1 N–H and O–H groups in total. The zero-order valence-electron chi connectivity index (χ0n) is 15.8. The monoisotopic (exact) mass is 368 g/mol. The summed E-state index contributed by atoms with van der Waals surface area (Å²) in [6, 6.07) is 14.5. The molecule has 0 aromatic heterocycles. The van der Waals surface area contributed by atoms with Crippen molar-refractivity contribution in [2.45, 2.75) is 19.8 Å². The molecule has 142 valence electrons. The number of esters is 1. The Labute approximate surface area is 159 Å². The molecule has 0 aliphatic carbocycles. The van der Waals surface area contributed by atoms with E-state index in [2.05, 4.69) is 5.32 Å². The van der Waals surface area contributed by atoms with Gasteiger partial charge in [0, 0.05) is 37.5 Å². The molecule has 0 saturated heterocycles. The highest BCUT2D eigenvalue weighted by Crippen LogP contribution is 2.15. The van der Waals surface area contributed by atoms with E-state index in [1.165, 1.54) is 0 Å². The fraction of sp³-hybridized carbons (Fsp3) is 0.286. The zero-order valence-corrected chi connectivity index (χ0v) is 15.8. The number of carbonyl (C=O) groups is 3. The molecule has 0 radical (unpaired) electrons. The van der Waals surface area contributed by atoms with Crippen LogP contribution in [0.3, 0.4) is 0 Å². The van der Waals surface area contributed by atoms with Gasteiger partial charge in [-0.15, -0.1) is 0 Å². The van der Waals surface area contributed by atoms with Crippen LogP contribution in [-0.2, 0) is 14.3 Å². The van der Waals surface area contributed by atoms with Crippen LogP contribution in [0.2, 0.25) is 0 Å². The van der Waals surface area contributed by atoms with Gasteiger partial charge in [0.25, 0.3) is 5.91 Å². The first-order valence-electron chi connectivity index (χ1n) is 8.68. The Hall–Kier alpha value is -3.15. The lowest BCUT2D eigenvalue weighted by Crippen LogP contribution is -2.21. The molecule has 2 aromatic rings. The molecule has 0 fully saturated rings. The number of carbonyl (C=O) groups excluding carboxylic acids is 3. The standard InChI is InChI=1S/C21H24N2O4/c1-15-4-6-16(7-5-15)19(24)12-13-21(26)27-14-20(25)22-17-8-10-18(11-9-17)23(2)3/h4-11H,12-14H2,1-3H3,(H,22,25). The maximum Gasteiger partial charge on any atom is 0.306 e. The number of hydrogen-bond acceptors (Lipinski definition) is 5. The van der Waals surface area contributed by atoms with Gasteiger partial charge >= 0.3 is 5.97 Å². The van der Waals surface area contributed by atoms with E-state index in [1.807, 2.05) is 50.2 Å². The Bertz CT molecular complexity index is 796. The van der Waals surface area contributed by atoms with E-state index in [1.54, 1.807) is 24.3 Å². The summed E-state index contributed by atoms with van der Waals surface area (Å²) in [5.74, 6) is -1.13. The predicted octanol–water partition coefficient (Wildman–Crippen LogP) is 3.21. The number of amides is 1. The van der Waals surface area contributed by atoms with Crippen LogP contribution >= 0.6 is 0 Å². The number of ether oxygens (including phenoxy) is 1. The van der Waals surface area contributed by atoms with Crippen LogP contribution in [0.4, 0.5) is 11.4 Å². The Morgan fingerprint density at radius 1 is 0.926 bits per heavy atom. The highest BCUT2D eigenvalue weighted by molar-refractivity contribution is 5.98. The molecule has 6 nitrogen and oxygen atoms in total. The van der Waals surface area contributed by atoms with Crippen LogP contribution in [0, 0.1) is 6.92 Å². The quantitative estimate of drug-likeness (QED) is 0.572. The molecule has 27 heavy (non-hydrogen) atoms. The first kappa shape index (κ1) is 20.2. The number of aryl methyl sites for hydroxylation is 1. The van der Waals surface area contributed by atoms with Gasteiger partial charge in [-0.25, -0.2) is 0 Å². The van der Waals surface area contributed by atoms with Crippen LogP contribution in [0.25, 0.3) is 0 Å². The molecule has 0 heterocycles. The van der Waals surface area contributed by atoms with E-state index in [0.29, 0.717) is 11.3 Å². The summed E-state index contributed by atoms with van der Waals surface area (Å²) >= 11 is 0. The van der Waals surface area contributed by atoms with E-state index < -0.39 is 11.9 Å². The van der Waals surface area contributed by atoms with Crippen molar-refractivity contribution in [1.29, 1.82) is 0 Å². The number of anilines is 2. The Morgan fingerprint density at radius 3 is 2.15 bits per heavy atom. The molecule has 0 saturated carbocycles. The lowest BCUT2D eigenvalue weighted by atomic mass is 10.1. The fourth-order valence-corrected chi connectivity index (χ4v) is 2.36. The second-order valence-electron chi connectivity index (χ2n) is 6.44. The van der Waals surface area contributed by atoms with Gasteiger partial charge < -0.3 is 15.0 Å². The van der Waals surface area contributed by atoms with Crippen molar-refractivity contribution in [3.05, 3.63) is 59.7 Å². The molecule has 0 bridgehead atoms. The molecular formula is C21H24N2O4. The van der Waals surface area contributed by atoms with Crippen LogP contribution < -0.4 is 10.2 Å². The van der Waals surface area contributed by atoms with Gasteiger partial charge in [0.05, 0.1) is 6.42 Å². The molecule has 1 amide bonds. The fourth-order valence-electron chi connectivity index (χ4n) is 2.36. The van der Waals surface area contributed by atoms with Gasteiger partial charge in [0.1, 0.15) is 0 Å². The van der Waals surface area contributed by atoms with E-state index in [0.717, 1.165) is 11.3 Å². The van der Waals surface area contributed by atoms with Gasteiger partial charge in [-0.05, 0) is 31.2 Å². The number of ketones is 1. The van der Waals surface area contributed by atoms with Crippen molar-refractivity contribution in [2.75, 3.05) is 30.9 Å². The number of Topliss-reactive ketones (excluding diaryl/α,β-unsaturated/α-hetero) is 1. The van der Waals surface area contributed by atoms with Crippen molar-refractivity contribution < 1.29 is 19.1 Å². The summed E-state index contributed by atoms with van der Waals surface area (Å²) in [4.78, 5) is 37.6. The summed E-state index contributed by atoms with van der Waals surface area (Å²) in [5.41, 5.74) is 3.26. The second kappa shape index (κ2) is 9.52. The number of hydrogen-bond donors (Lipinski definition) is 1. The van der Waals surface area contributed by atoms with Crippen LogP contribution in [-0.4, -0.2) is 38.4 Å². The number of benzene rings is 2. The third-order valence-corrected chi connectivity index (χ3v) is 3.96. The van der Waals surface area contributed by atoms with E-state index in [9.17, 15) is 14.4 Å². The van der Waals surface area contributed by atoms with Gasteiger partial charge in [-0.3, -0.25) is 14.4 Å². The minimum atomic E-state index is -0.575. The minimum Gasteiger partial charge on any atom is -0.456 e. The molecule has 2 rings (SSSR count). The maximum atomic E-state index is 12.0. The first-order valence-corrected chi connectivity index (χ1v) is 8.68. The summed E-state index contributed by atoms with van der Waals surface area (Å²) < 4.78 is 4.93. The molecule has 0 aliphatic rings. The van der Waals surface area contributed by atoms with Crippen molar-refractivity contribution >= 4 is 29.0 Å².